The minimum atomic E-state index is 0.759. The lowest BCUT2D eigenvalue weighted by molar-refractivity contribution is 0.682. The molecule has 0 saturated carbocycles. The standard InChI is InChI=1S/C39H26N2/c1-3-11-28-24(9-1)21-26-17-19-34-38(36(26)28)30-13-5-7-15-32(30)40(34)23-41-33-16-8-6-14-31(33)39-35(41)20-18-27-22-25-10-2-4-12-29(25)37(27)39/h1-20H,21-23H2. The quantitative estimate of drug-likeness (QED) is 0.214. The van der Waals surface area contributed by atoms with Crippen LogP contribution in [0.25, 0.3) is 65.9 Å². The van der Waals surface area contributed by atoms with Gasteiger partial charge in [0.05, 0.1) is 22.1 Å². The number of fused-ring (bicyclic) bond motifs is 14. The molecule has 2 aromatic heterocycles. The van der Waals surface area contributed by atoms with Gasteiger partial charge in [-0.05, 0) is 81.6 Å². The van der Waals surface area contributed by atoms with Gasteiger partial charge in [0.1, 0.15) is 6.67 Å². The molecule has 192 valence electrons. The number of nitrogens with zero attached hydrogens (tertiary/aromatic N) is 2. The molecule has 0 fully saturated rings. The van der Waals surface area contributed by atoms with Gasteiger partial charge in [-0.2, -0.15) is 0 Å². The highest BCUT2D eigenvalue weighted by molar-refractivity contribution is 6.18. The molecule has 41 heavy (non-hydrogen) atoms. The fourth-order valence-corrected chi connectivity index (χ4v) is 7.97. The van der Waals surface area contributed by atoms with Crippen molar-refractivity contribution < 1.29 is 0 Å². The summed E-state index contributed by atoms with van der Waals surface area (Å²) >= 11 is 0. The number of para-hydroxylation sites is 2. The van der Waals surface area contributed by atoms with Crippen molar-refractivity contribution in [1.82, 2.24) is 9.13 Å². The van der Waals surface area contributed by atoms with E-state index in [1.807, 2.05) is 0 Å². The first-order valence-corrected chi connectivity index (χ1v) is 14.6. The van der Waals surface area contributed by atoms with Gasteiger partial charge in [0, 0.05) is 21.5 Å². The highest BCUT2D eigenvalue weighted by Crippen LogP contribution is 2.47. The van der Waals surface area contributed by atoms with Crippen LogP contribution in [-0.4, -0.2) is 9.13 Å². The highest BCUT2D eigenvalue weighted by atomic mass is 15.2. The molecule has 0 spiro atoms. The summed E-state index contributed by atoms with van der Waals surface area (Å²) in [7, 11) is 0. The van der Waals surface area contributed by atoms with Crippen molar-refractivity contribution in [2.45, 2.75) is 19.5 Å². The molecular weight excluding hydrogens is 496 g/mol. The Morgan fingerprint density at radius 2 is 0.829 bits per heavy atom. The molecule has 2 aliphatic carbocycles. The van der Waals surface area contributed by atoms with E-state index in [9.17, 15) is 0 Å². The Morgan fingerprint density at radius 1 is 0.390 bits per heavy atom. The third kappa shape index (κ3) is 2.77. The molecule has 0 unspecified atom stereocenters. The van der Waals surface area contributed by atoms with Crippen LogP contribution < -0.4 is 0 Å². The molecule has 6 aromatic carbocycles. The lowest BCUT2D eigenvalue weighted by Crippen LogP contribution is -2.07. The summed E-state index contributed by atoms with van der Waals surface area (Å²) in [5.41, 5.74) is 16.6. The Bertz CT molecular complexity index is 2230. The Labute approximate surface area is 237 Å². The first kappa shape index (κ1) is 21.7. The fraction of sp³-hybridized carbons (Fsp3) is 0.0769. The Hall–Kier alpha value is -5.08. The zero-order chi connectivity index (χ0) is 26.7. The Morgan fingerprint density at radius 3 is 1.34 bits per heavy atom. The molecule has 8 aromatic rings. The molecule has 2 heteroatoms. The molecule has 0 radical (unpaired) electrons. The van der Waals surface area contributed by atoms with E-state index >= 15 is 0 Å². The number of aromatic nitrogens is 2. The number of benzene rings is 6. The molecule has 2 nitrogen and oxygen atoms in total. The molecule has 0 atom stereocenters. The molecular formula is C39H26N2. The number of hydrogen-bond donors (Lipinski definition) is 0. The van der Waals surface area contributed by atoms with Crippen LogP contribution in [-0.2, 0) is 19.5 Å². The average molecular weight is 523 g/mol. The number of hydrogen-bond acceptors (Lipinski definition) is 0. The molecule has 0 bridgehead atoms. The molecule has 0 saturated heterocycles. The van der Waals surface area contributed by atoms with Gasteiger partial charge in [-0.15, -0.1) is 0 Å². The van der Waals surface area contributed by atoms with E-state index < -0.39 is 0 Å². The van der Waals surface area contributed by atoms with E-state index in [2.05, 4.69) is 130 Å². The predicted molar refractivity (Wildman–Crippen MR) is 171 cm³/mol. The molecule has 0 N–H and O–H groups in total. The van der Waals surface area contributed by atoms with E-state index in [-0.39, 0.29) is 0 Å². The maximum atomic E-state index is 2.54. The van der Waals surface area contributed by atoms with E-state index in [4.69, 9.17) is 0 Å². The minimum Gasteiger partial charge on any atom is -0.322 e. The van der Waals surface area contributed by atoms with Crippen LogP contribution in [0.2, 0.25) is 0 Å². The molecule has 0 aliphatic heterocycles. The maximum absolute atomic E-state index is 2.54. The first-order valence-electron chi connectivity index (χ1n) is 14.6. The number of rotatable bonds is 2. The SMILES string of the molecule is c1ccc2c(c1)Cc1ccc3c(c1-2)c1ccccc1n3Cn1c2ccccc2c2c3c(ccc21)Cc1ccccc1-3. The monoisotopic (exact) mass is 522 g/mol. The zero-order valence-corrected chi connectivity index (χ0v) is 22.6. The first-order chi connectivity index (χ1) is 20.3. The van der Waals surface area contributed by atoms with E-state index in [1.54, 1.807) is 0 Å². The van der Waals surface area contributed by atoms with Gasteiger partial charge in [-0.25, -0.2) is 0 Å². The van der Waals surface area contributed by atoms with Crippen molar-refractivity contribution in [3.05, 3.63) is 144 Å². The van der Waals surface area contributed by atoms with Crippen LogP contribution in [0, 0.1) is 0 Å². The van der Waals surface area contributed by atoms with Gasteiger partial charge >= 0.3 is 0 Å². The third-order valence-electron chi connectivity index (χ3n) is 9.67. The van der Waals surface area contributed by atoms with Gasteiger partial charge in [0.25, 0.3) is 0 Å². The van der Waals surface area contributed by atoms with E-state index in [0.29, 0.717) is 0 Å². The summed E-state index contributed by atoms with van der Waals surface area (Å²) < 4.78 is 5.08. The van der Waals surface area contributed by atoms with Crippen LogP contribution in [0.1, 0.15) is 22.3 Å². The summed E-state index contributed by atoms with van der Waals surface area (Å²) in [6, 6.07) is 45.3. The molecule has 2 aliphatic rings. The Kier molecular flexibility index (Phi) is 4.11. The van der Waals surface area contributed by atoms with Crippen molar-refractivity contribution in [2.75, 3.05) is 0 Å². The summed E-state index contributed by atoms with van der Waals surface area (Å²) in [4.78, 5) is 0. The summed E-state index contributed by atoms with van der Waals surface area (Å²) in [6.07, 6.45) is 2.03. The van der Waals surface area contributed by atoms with E-state index in [1.165, 1.54) is 88.1 Å². The second kappa shape index (κ2) is 7.77. The largest absolute Gasteiger partial charge is 0.322 e. The second-order valence-electron chi connectivity index (χ2n) is 11.7. The smallest absolute Gasteiger partial charge is 0.100 e. The van der Waals surface area contributed by atoms with Gasteiger partial charge in [0.15, 0.2) is 0 Å². The van der Waals surface area contributed by atoms with Gasteiger partial charge in [0.2, 0.25) is 0 Å². The van der Waals surface area contributed by atoms with Gasteiger partial charge in [-0.3, -0.25) is 0 Å². The van der Waals surface area contributed by atoms with Crippen molar-refractivity contribution in [3.63, 3.8) is 0 Å². The van der Waals surface area contributed by atoms with Crippen molar-refractivity contribution in [2.24, 2.45) is 0 Å². The second-order valence-corrected chi connectivity index (χ2v) is 11.7. The maximum Gasteiger partial charge on any atom is 0.100 e. The van der Waals surface area contributed by atoms with Gasteiger partial charge in [-0.1, -0.05) is 97.1 Å². The topological polar surface area (TPSA) is 9.86 Å². The molecule has 10 rings (SSSR count). The predicted octanol–water partition coefficient (Wildman–Crippen LogP) is 9.55. The molecule has 2 heterocycles. The third-order valence-corrected chi connectivity index (χ3v) is 9.67. The Balaban J connectivity index is 1.28. The van der Waals surface area contributed by atoms with E-state index in [0.717, 1.165) is 19.5 Å². The van der Waals surface area contributed by atoms with Gasteiger partial charge < -0.3 is 9.13 Å². The van der Waals surface area contributed by atoms with Crippen molar-refractivity contribution >= 4 is 43.6 Å². The van der Waals surface area contributed by atoms with Crippen LogP contribution in [0.15, 0.2) is 121 Å². The van der Waals surface area contributed by atoms with Crippen LogP contribution in [0.5, 0.6) is 0 Å². The van der Waals surface area contributed by atoms with Crippen LogP contribution in [0.3, 0.4) is 0 Å². The summed E-state index contributed by atoms with van der Waals surface area (Å²) in [6.45, 7) is 0.759. The van der Waals surface area contributed by atoms with Crippen molar-refractivity contribution in [3.8, 4) is 22.3 Å². The fourth-order valence-electron chi connectivity index (χ4n) is 7.97. The highest BCUT2D eigenvalue weighted by Gasteiger charge is 2.26. The zero-order valence-electron chi connectivity index (χ0n) is 22.6. The minimum absolute atomic E-state index is 0.759. The lowest BCUT2D eigenvalue weighted by Gasteiger charge is -2.13. The van der Waals surface area contributed by atoms with Crippen molar-refractivity contribution in [1.29, 1.82) is 0 Å². The lowest BCUT2D eigenvalue weighted by atomic mass is 9.99. The summed E-state index contributed by atoms with van der Waals surface area (Å²) in [5, 5.41) is 5.45. The molecule has 0 amide bonds. The normalized spacial score (nSPS) is 13.3. The average Bonchev–Trinajstić information content (AvgIpc) is 3.75. The van der Waals surface area contributed by atoms with Crippen LogP contribution in [0.4, 0.5) is 0 Å². The van der Waals surface area contributed by atoms with Crippen LogP contribution >= 0.6 is 0 Å². The summed E-state index contributed by atoms with van der Waals surface area (Å²) in [5.74, 6) is 0.